The predicted octanol–water partition coefficient (Wildman–Crippen LogP) is 6.78. The number of esters is 2. The Morgan fingerprint density at radius 2 is 1.49 bits per heavy atom. The number of halogens is 2. The second kappa shape index (κ2) is 12.9. The molecule has 2 aromatic carbocycles. The Hall–Kier alpha value is -3.02. The average molecular weight is 674 g/mol. The van der Waals surface area contributed by atoms with Gasteiger partial charge in [-0.15, -0.1) is 0 Å². The highest BCUT2D eigenvalue weighted by atomic mass is 79.9. The molecule has 0 spiro atoms. The van der Waals surface area contributed by atoms with Crippen LogP contribution in [-0.2, 0) is 14.3 Å². The van der Waals surface area contributed by atoms with E-state index in [2.05, 4.69) is 42.2 Å². The molecule has 0 fully saturated rings. The number of aliphatic imine (C=N–C) groups is 1. The number of amidine groups is 1. The van der Waals surface area contributed by atoms with E-state index in [-0.39, 0.29) is 13.2 Å². The fourth-order valence-electron chi connectivity index (χ4n) is 4.00. The number of nitrogens with one attached hydrogen (secondary N) is 1. The molecule has 0 aliphatic carbocycles. The van der Waals surface area contributed by atoms with Crippen LogP contribution in [0.4, 0.5) is 0 Å². The minimum Gasteiger partial charge on any atom is -0.463 e. The van der Waals surface area contributed by atoms with Gasteiger partial charge in [0.15, 0.2) is 10.3 Å². The van der Waals surface area contributed by atoms with Crippen molar-refractivity contribution in [3.8, 4) is 11.3 Å². The highest BCUT2D eigenvalue weighted by molar-refractivity contribution is 9.10. The van der Waals surface area contributed by atoms with Crippen molar-refractivity contribution in [2.45, 2.75) is 38.9 Å². The van der Waals surface area contributed by atoms with Gasteiger partial charge in [-0.05, 0) is 69.3 Å². The van der Waals surface area contributed by atoms with E-state index in [4.69, 9.17) is 19.5 Å². The van der Waals surface area contributed by atoms with Crippen LogP contribution in [0.5, 0.6) is 0 Å². The van der Waals surface area contributed by atoms with Crippen molar-refractivity contribution in [2.24, 2.45) is 4.99 Å². The largest absolute Gasteiger partial charge is 0.463 e. The minimum atomic E-state index is -0.577. The smallest absolute Gasteiger partial charge is 0.342 e. The molecular weight excluding hydrogens is 648 g/mol. The van der Waals surface area contributed by atoms with E-state index in [0.717, 1.165) is 20.1 Å². The van der Waals surface area contributed by atoms with Crippen LogP contribution in [0.25, 0.3) is 11.3 Å². The Bertz CT molecular complexity index is 1460. The first-order chi connectivity index (χ1) is 18.7. The number of thioether (sulfide) groups is 1. The van der Waals surface area contributed by atoms with Gasteiger partial charge in [0.25, 0.3) is 0 Å². The van der Waals surface area contributed by atoms with Crippen molar-refractivity contribution in [3.63, 3.8) is 0 Å². The Kier molecular flexibility index (Phi) is 9.58. The SMILES string of the molecule is CCOC(=O)C1=C(C)NC(Sc2nc(C)c(C(=O)OCC)c(-c3ccc(Br)cc3)n2)=NC1c1ccc(Br)cc1. The van der Waals surface area contributed by atoms with Crippen LogP contribution in [0.3, 0.4) is 0 Å². The van der Waals surface area contributed by atoms with Gasteiger partial charge in [0, 0.05) is 20.2 Å². The molecule has 1 aliphatic heterocycles. The minimum absolute atomic E-state index is 0.237. The van der Waals surface area contributed by atoms with Crippen molar-refractivity contribution < 1.29 is 19.1 Å². The molecule has 1 atom stereocenters. The summed E-state index contributed by atoms with van der Waals surface area (Å²) in [6.07, 6.45) is 0. The van der Waals surface area contributed by atoms with Crippen molar-refractivity contribution in [1.82, 2.24) is 15.3 Å². The molecule has 1 aliphatic rings. The second-order valence-electron chi connectivity index (χ2n) is 8.42. The maximum Gasteiger partial charge on any atom is 0.342 e. The number of carbonyl (C=O) groups excluding carboxylic acids is 2. The highest BCUT2D eigenvalue weighted by Gasteiger charge is 2.31. The van der Waals surface area contributed by atoms with Crippen LogP contribution < -0.4 is 5.32 Å². The van der Waals surface area contributed by atoms with Gasteiger partial charge in [0.2, 0.25) is 0 Å². The lowest BCUT2D eigenvalue weighted by Crippen LogP contribution is -2.30. The number of benzene rings is 2. The molecule has 0 saturated heterocycles. The molecule has 11 heteroatoms. The number of allylic oxidation sites excluding steroid dienone is 1. The zero-order valence-corrected chi connectivity index (χ0v) is 25.7. The van der Waals surface area contributed by atoms with Crippen molar-refractivity contribution in [1.29, 1.82) is 0 Å². The maximum absolute atomic E-state index is 12.9. The third-order valence-corrected chi connectivity index (χ3v) is 7.58. The van der Waals surface area contributed by atoms with Crippen LogP contribution in [0.1, 0.15) is 48.4 Å². The third-order valence-electron chi connectivity index (χ3n) is 5.75. The predicted molar refractivity (Wildman–Crippen MR) is 159 cm³/mol. The summed E-state index contributed by atoms with van der Waals surface area (Å²) in [5, 5.41) is 4.12. The molecule has 3 aromatic rings. The molecule has 0 amide bonds. The van der Waals surface area contributed by atoms with Gasteiger partial charge in [-0.1, -0.05) is 56.1 Å². The Balaban J connectivity index is 1.76. The van der Waals surface area contributed by atoms with E-state index < -0.39 is 18.0 Å². The molecular formula is C28H26Br2N4O4S. The molecule has 39 heavy (non-hydrogen) atoms. The quantitative estimate of drug-likeness (QED) is 0.216. The van der Waals surface area contributed by atoms with Crippen molar-refractivity contribution in [3.05, 3.63) is 85.6 Å². The standard InChI is InChI=1S/C28H26Br2N4O4S/c1-5-37-25(35)21-15(3)31-27(33-23(21)17-7-11-19(29)12-8-17)39-28-32-16(4)22(26(36)38-6-2)24(34-28)18-9-13-20(30)14-10-18/h7-14,23H,5-6H2,1-4H3,(H,31,33). The lowest BCUT2D eigenvalue weighted by Gasteiger charge is -2.25. The van der Waals surface area contributed by atoms with Crippen LogP contribution in [0.2, 0.25) is 0 Å². The fraction of sp³-hybridized carbons (Fsp3) is 0.250. The van der Waals surface area contributed by atoms with Crippen LogP contribution >= 0.6 is 43.6 Å². The summed E-state index contributed by atoms with van der Waals surface area (Å²) in [7, 11) is 0. The summed E-state index contributed by atoms with van der Waals surface area (Å²) in [6.45, 7) is 7.59. The third kappa shape index (κ3) is 6.77. The first kappa shape index (κ1) is 29.0. The van der Waals surface area contributed by atoms with Gasteiger partial charge < -0.3 is 14.8 Å². The molecule has 2 heterocycles. The van der Waals surface area contributed by atoms with E-state index in [1.165, 1.54) is 11.8 Å². The fourth-order valence-corrected chi connectivity index (χ4v) is 5.39. The lowest BCUT2D eigenvalue weighted by molar-refractivity contribution is -0.138. The van der Waals surface area contributed by atoms with Gasteiger partial charge in [0.1, 0.15) is 11.6 Å². The van der Waals surface area contributed by atoms with E-state index in [9.17, 15) is 9.59 Å². The summed E-state index contributed by atoms with van der Waals surface area (Å²) in [5.74, 6) is -0.905. The van der Waals surface area contributed by atoms with E-state index >= 15 is 0 Å². The number of aromatic nitrogens is 2. The molecule has 0 bridgehead atoms. The summed E-state index contributed by atoms with van der Waals surface area (Å²) in [4.78, 5) is 39.9. The first-order valence-electron chi connectivity index (χ1n) is 12.2. The first-order valence-corrected chi connectivity index (χ1v) is 14.6. The Morgan fingerprint density at radius 1 is 0.897 bits per heavy atom. The van der Waals surface area contributed by atoms with Crippen molar-refractivity contribution in [2.75, 3.05) is 13.2 Å². The van der Waals surface area contributed by atoms with Gasteiger partial charge in [-0.25, -0.2) is 24.5 Å². The van der Waals surface area contributed by atoms with Crippen molar-refractivity contribution >= 4 is 60.7 Å². The van der Waals surface area contributed by atoms with Gasteiger partial charge in [-0.2, -0.15) is 0 Å². The van der Waals surface area contributed by atoms with Crippen LogP contribution in [-0.4, -0.2) is 40.3 Å². The van der Waals surface area contributed by atoms with Crippen LogP contribution in [0, 0.1) is 6.92 Å². The number of ether oxygens (including phenoxy) is 2. The van der Waals surface area contributed by atoms with E-state index in [1.807, 2.05) is 55.5 Å². The molecule has 4 rings (SSSR count). The summed E-state index contributed by atoms with van der Waals surface area (Å²) in [6, 6.07) is 14.6. The molecule has 8 nitrogen and oxygen atoms in total. The number of hydrogen-bond acceptors (Lipinski definition) is 9. The number of carbonyl (C=O) groups is 2. The molecule has 1 aromatic heterocycles. The zero-order valence-electron chi connectivity index (χ0n) is 21.7. The number of rotatable bonds is 7. The number of aryl methyl sites for hydroxylation is 1. The lowest BCUT2D eigenvalue weighted by atomic mass is 9.97. The molecule has 1 N–H and O–H groups in total. The average Bonchev–Trinajstić information content (AvgIpc) is 2.89. The molecule has 1 unspecified atom stereocenters. The molecule has 0 radical (unpaired) electrons. The van der Waals surface area contributed by atoms with E-state index in [1.54, 1.807) is 20.8 Å². The number of nitrogens with zero attached hydrogens (tertiary/aromatic N) is 3. The normalized spacial score (nSPS) is 14.9. The van der Waals surface area contributed by atoms with Crippen LogP contribution in [0.15, 0.2) is 78.9 Å². The highest BCUT2D eigenvalue weighted by Crippen LogP contribution is 2.35. The van der Waals surface area contributed by atoms with Gasteiger partial charge in [-0.3, -0.25) is 0 Å². The monoisotopic (exact) mass is 672 g/mol. The summed E-state index contributed by atoms with van der Waals surface area (Å²) >= 11 is 8.13. The molecule has 0 saturated carbocycles. The summed E-state index contributed by atoms with van der Waals surface area (Å²) in [5.41, 5.74) is 3.93. The topological polar surface area (TPSA) is 103 Å². The Labute approximate surface area is 248 Å². The van der Waals surface area contributed by atoms with Gasteiger partial charge in [0.05, 0.1) is 30.2 Å². The maximum atomic E-state index is 12.9. The number of hydrogen-bond donors (Lipinski definition) is 1. The summed E-state index contributed by atoms with van der Waals surface area (Å²) < 4.78 is 12.5. The Morgan fingerprint density at radius 3 is 2.10 bits per heavy atom. The molecule has 202 valence electrons. The second-order valence-corrected chi connectivity index (χ2v) is 11.2. The van der Waals surface area contributed by atoms with Gasteiger partial charge >= 0.3 is 11.9 Å². The van der Waals surface area contributed by atoms with E-state index in [0.29, 0.717) is 38.5 Å². The zero-order chi connectivity index (χ0) is 28.1.